The van der Waals surface area contributed by atoms with Crippen LogP contribution in [-0.2, 0) is 4.74 Å². The molecule has 1 aromatic carbocycles. The molecular weight excluding hydrogens is 304 g/mol. The molecule has 0 fully saturated rings. The van der Waals surface area contributed by atoms with Crippen LogP contribution in [0.25, 0.3) is 0 Å². The standard InChI is InChI=1S/C19H22N2O3/c1-13-9-17(15(3)21(13)14(2)11-23-4)18(22)12-24-19-8-6-5-7-16(19)10-20/h5-9,14H,11-12H2,1-4H3. The molecule has 0 aliphatic rings. The summed E-state index contributed by atoms with van der Waals surface area (Å²) >= 11 is 0. The van der Waals surface area contributed by atoms with E-state index in [1.165, 1.54) is 0 Å². The Morgan fingerprint density at radius 1 is 1.33 bits per heavy atom. The summed E-state index contributed by atoms with van der Waals surface area (Å²) in [4.78, 5) is 12.5. The van der Waals surface area contributed by atoms with Crippen molar-refractivity contribution in [3.8, 4) is 11.8 Å². The van der Waals surface area contributed by atoms with Gasteiger partial charge in [0.2, 0.25) is 5.78 Å². The summed E-state index contributed by atoms with van der Waals surface area (Å²) in [7, 11) is 1.66. The average Bonchev–Trinajstić information content (AvgIpc) is 2.87. The van der Waals surface area contributed by atoms with Gasteiger partial charge in [0.1, 0.15) is 11.8 Å². The number of carbonyl (C=O) groups is 1. The lowest BCUT2D eigenvalue weighted by molar-refractivity contribution is 0.0920. The second-order valence-corrected chi connectivity index (χ2v) is 5.78. The third-order valence-electron chi connectivity index (χ3n) is 4.00. The van der Waals surface area contributed by atoms with Gasteiger partial charge in [-0.2, -0.15) is 5.26 Å². The molecule has 0 spiro atoms. The number of aromatic nitrogens is 1. The van der Waals surface area contributed by atoms with Crippen molar-refractivity contribution >= 4 is 5.78 Å². The van der Waals surface area contributed by atoms with E-state index in [1.54, 1.807) is 31.4 Å². The van der Waals surface area contributed by atoms with Crippen LogP contribution in [0.15, 0.2) is 30.3 Å². The highest BCUT2D eigenvalue weighted by Gasteiger charge is 2.19. The van der Waals surface area contributed by atoms with Gasteiger partial charge in [0.25, 0.3) is 0 Å². The number of Topliss-reactive ketones (excluding diaryl/α,β-unsaturated/α-hetero) is 1. The molecule has 1 aromatic heterocycles. The highest BCUT2D eigenvalue weighted by Crippen LogP contribution is 2.22. The zero-order valence-electron chi connectivity index (χ0n) is 14.5. The lowest BCUT2D eigenvalue weighted by Crippen LogP contribution is -2.16. The van der Waals surface area contributed by atoms with Crippen LogP contribution in [0.4, 0.5) is 0 Å². The van der Waals surface area contributed by atoms with Gasteiger partial charge >= 0.3 is 0 Å². The van der Waals surface area contributed by atoms with Gasteiger partial charge in [-0.1, -0.05) is 12.1 Å². The molecule has 0 N–H and O–H groups in total. The Labute approximate surface area is 142 Å². The SMILES string of the molecule is COCC(C)n1c(C)cc(C(=O)COc2ccccc2C#N)c1C. The molecule has 0 saturated heterocycles. The van der Waals surface area contributed by atoms with E-state index in [9.17, 15) is 4.79 Å². The second kappa shape index (κ2) is 7.80. The molecule has 1 heterocycles. The molecule has 24 heavy (non-hydrogen) atoms. The number of aryl methyl sites for hydroxylation is 1. The summed E-state index contributed by atoms with van der Waals surface area (Å²) in [6, 6.07) is 11.0. The van der Waals surface area contributed by atoms with Gasteiger partial charge in [0.05, 0.1) is 18.2 Å². The maximum absolute atomic E-state index is 12.5. The number of nitriles is 1. The molecular formula is C19H22N2O3. The molecule has 0 amide bonds. The van der Waals surface area contributed by atoms with Gasteiger partial charge in [-0.25, -0.2) is 0 Å². The topological polar surface area (TPSA) is 64.2 Å². The summed E-state index contributed by atoms with van der Waals surface area (Å²) in [5.41, 5.74) is 2.98. The van der Waals surface area contributed by atoms with Crippen molar-refractivity contribution in [1.29, 1.82) is 5.26 Å². The minimum Gasteiger partial charge on any atom is -0.484 e. The smallest absolute Gasteiger partial charge is 0.202 e. The number of hydrogen-bond donors (Lipinski definition) is 0. The molecule has 0 aliphatic carbocycles. The quantitative estimate of drug-likeness (QED) is 0.731. The monoisotopic (exact) mass is 326 g/mol. The number of benzene rings is 1. The highest BCUT2D eigenvalue weighted by atomic mass is 16.5. The minimum atomic E-state index is -0.105. The molecule has 0 aliphatic heterocycles. The molecule has 0 radical (unpaired) electrons. The van der Waals surface area contributed by atoms with Crippen LogP contribution < -0.4 is 4.74 Å². The predicted octanol–water partition coefficient (Wildman–Crippen LogP) is 3.45. The molecule has 0 saturated carbocycles. The first-order valence-corrected chi connectivity index (χ1v) is 7.82. The van der Waals surface area contributed by atoms with Crippen molar-refractivity contribution in [2.24, 2.45) is 0 Å². The Morgan fingerprint density at radius 3 is 2.71 bits per heavy atom. The average molecular weight is 326 g/mol. The van der Waals surface area contributed by atoms with E-state index in [0.717, 1.165) is 11.4 Å². The van der Waals surface area contributed by atoms with Crippen molar-refractivity contribution in [2.45, 2.75) is 26.8 Å². The van der Waals surface area contributed by atoms with E-state index in [0.29, 0.717) is 23.5 Å². The molecule has 126 valence electrons. The van der Waals surface area contributed by atoms with E-state index in [4.69, 9.17) is 14.7 Å². The normalized spacial score (nSPS) is 11.8. The third kappa shape index (κ3) is 3.66. The molecule has 0 bridgehead atoms. The third-order valence-corrected chi connectivity index (χ3v) is 4.00. The fourth-order valence-corrected chi connectivity index (χ4v) is 2.96. The zero-order valence-corrected chi connectivity index (χ0v) is 14.5. The molecule has 2 aromatic rings. The van der Waals surface area contributed by atoms with Gasteiger partial charge in [0, 0.05) is 24.1 Å². The van der Waals surface area contributed by atoms with Gasteiger partial charge in [-0.15, -0.1) is 0 Å². The van der Waals surface area contributed by atoms with Crippen LogP contribution in [0, 0.1) is 25.2 Å². The summed E-state index contributed by atoms with van der Waals surface area (Å²) in [6.07, 6.45) is 0. The molecule has 2 rings (SSSR count). The van der Waals surface area contributed by atoms with Crippen LogP contribution in [0.5, 0.6) is 5.75 Å². The van der Waals surface area contributed by atoms with Crippen molar-refractivity contribution in [1.82, 2.24) is 4.57 Å². The van der Waals surface area contributed by atoms with Gasteiger partial charge < -0.3 is 14.0 Å². The lowest BCUT2D eigenvalue weighted by Gasteiger charge is -2.17. The van der Waals surface area contributed by atoms with E-state index < -0.39 is 0 Å². The first-order chi connectivity index (χ1) is 11.5. The van der Waals surface area contributed by atoms with E-state index in [2.05, 4.69) is 17.6 Å². The van der Waals surface area contributed by atoms with Crippen molar-refractivity contribution in [2.75, 3.05) is 20.3 Å². The minimum absolute atomic E-state index is 0.0956. The highest BCUT2D eigenvalue weighted by molar-refractivity contribution is 5.98. The Hall–Kier alpha value is -2.58. The Kier molecular flexibility index (Phi) is 5.78. The fraction of sp³-hybridized carbons (Fsp3) is 0.368. The Balaban J connectivity index is 2.16. The van der Waals surface area contributed by atoms with E-state index >= 15 is 0 Å². The Morgan fingerprint density at radius 2 is 2.04 bits per heavy atom. The van der Waals surface area contributed by atoms with Crippen LogP contribution in [-0.4, -0.2) is 30.7 Å². The van der Waals surface area contributed by atoms with Crippen LogP contribution >= 0.6 is 0 Å². The molecule has 1 atom stereocenters. The van der Waals surface area contributed by atoms with Gasteiger partial charge in [-0.3, -0.25) is 4.79 Å². The number of hydrogen-bond acceptors (Lipinski definition) is 4. The van der Waals surface area contributed by atoms with E-state index in [-0.39, 0.29) is 18.4 Å². The fourth-order valence-electron chi connectivity index (χ4n) is 2.96. The van der Waals surface area contributed by atoms with Crippen LogP contribution in [0.2, 0.25) is 0 Å². The second-order valence-electron chi connectivity index (χ2n) is 5.78. The summed E-state index contributed by atoms with van der Waals surface area (Å²) in [5, 5.41) is 9.07. The van der Waals surface area contributed by atoms with Gasteiger partial charge in [0.15, 0.2) is 6.61 Å². The first kappa shape index (κ1) is 17.8. The Bertz CT molecular complexity index is 771. The van der Waals surface area contributed by atoms with Crippen LogP contribution in [0.1, 0.15) is 40.3 Å². The number of methoxy groups -OCH3 is 1. The first-order valence-electron chi connectivity index (χ1n) is 7.82. The van der Waals surface area contributed by atoms with Gasteiger partial charge in [-0.05, 0) is 39.0 Å². The summed E-state index contributed by atoms with van der Waals surface area (Å²) in [6.45, 7) is 6.44. The number of ether oxygens (including phenoxy) is 2. The largest absolute Gasteiger partial charge is 0.484 e. The summed E-state index contributed by atoms with van der Waals surface area (Å²) in [5.74, 6) is 0.321. The van der Waals surface area contributed by atoms with Crippen molar-refractivity contribution in [3.63, 3.8) is 0 Å². The number of para-hydroxylation sites is 1. The zero-order chi connectivity index (χ0) is 17.7. The van der Waals surface area contributed by atoms with E-state index in [1.807, 2.05) is 19.9 Å². The maximum Gasteiger partial charge on any atom is 0.202 e. The summed E-state index contributed by atoms with van der Waals surface area (Å²) < 4.78 is 12.9. The predicted molar refractivity (Wildman–Crippen MR) is 91.5 cm³/mol. The van der Waals surface area contributed by atoms with Crippen LogP contribution in [0.3, 0.4) is 0 Å². The van der Waals surface area contributed by atoms with Crippen molar-refractivity contribution < 1.29 is 14.3 Å². The molecule has 5 heteroatoms. The number of nitrogens with zero attached hydrogens (tertiary/aromatic N) is 2. The number of carbonyl (C=O) groups excluding carboxylic acids is 1. The van der Waals surface area contributed by atoms with Crippen molar-refractivity contribution in [3.05, 3.63) is 52.8 Å². The molecule has 5 nitrogen and oxygen atoms in total. The number of ketones is 1. The lowest BCUT2D eigenvalue weighted by atomic mass is 10.1. The maximum atomic E-state index is 12.5. The number of rotatable bonds is 7. The molecule has 1 unspecified atom stereocenters.